The summed E-state index contributed by atoms with van der Waals surface area (Å²) in [5.41, 5.74) is 8.10. The van der Waals surface area contributed by atoms with Crippen LogP contribution in [0.5, 0.6) is 5.88 Å². The molecule has 3 rings (SSSR count). The molecule has 0 amide bonds. The number of aryl methyl sites for hydroxylation is 1. The molecular weight excluding hydrogens is 288 g/mol. The van der Waals surface area contributed by atoms with Crippen molar-refractivity contribution in [3.8, 4) is 11.9 Å². The normalized spacial score (nSPS) is 20.7. The Morgan fingerprint density at radius 2 is 2.05 bits per heavy atom. The van der Waals surface area contributed by atoms with Crippen molar-refractivity contribution in [1.29, 1.82) is 5.26 Å². The van der Waals surface area contributed by atoms with E-state index in [0.717, 1.165) is 16.8 Å². The van der Waals surface area contributed by atoms with Crippen molar-refractivity contribution in [3.63, 3.8) is 0 Å². The van der Waals surface area contributed by atoms with E-state index in [1.165, 1.54) is 0 Å². The summed E-state index contributed by atoms with van der Waals surface area (Å²) in [7, 11) is 0. The van der Waals surface area contributed by atoms with Gasteiger partial charge >= 0.3 is 0 Å². The number of nitriles is 1. The first kappa shape index (κ1) is 13.5. The van der Waals surface area contributed by atoms with Crippen molar-refractivity contribution in [2.45, 2.75) is 19.3 Å². The zero-order valence-electron chi connectivity index (χ0n) is 11.6. The Labute approximate surface area is 127 Å². The number of aromatic nitrogens is 2. The molecule has 1 aromatic heterocycles. The van der Waals surface area contributed by atoms with Crippen LogP contribution >= 0.6 is 11.6 Å². The minimum absolute atomic E-state index is 0.0777. The van der Waals surface area contributed by atoms with Crippen LogP contribution in [-0.4, -0.2) is 10.2 Å². The number of fused-ring (bicyclic) bond motifs is 1. The topological polar surface area (TPSA) is 87.7 Å². The van der Waals surface area contributed by atoms with Gasteiger partial charge in [-0.3, -0.25) is 5.10 Å². The summed E-state index contributed by atoms with van der Waals surface area (Å²) in [5.74, 6) is 0.482. The lowest BCUT2D eigenvalue weighted by Crippen LogP contribution is -2.34. The van der Waals surface area contributed by atoms with E-state index in [2.05, 4.69) is 16.3 Å². The highest BCUT2D eigenvalue weighted by molar-refractivity contribution is 6.30. The Balaban J connectivity index is 2.33. The number of nitrogens with zero attached hydrogens (tertiary/aromatic N) is 2. The summed E-state index contributed by atoms with van der Waals surface area (Å²) >= 11 is 5.96. The lowest BCUT2D eigenvalue weighted by molar-refractivity contribution is 0.362. The Bertz CT molecular complexity index is 785. The van der Waals surface area contributed by atoms with Crippen molar-refractivity contribution in [2.24, 2.45) is 5.73 Å². The Kier molecular flexibility index (Phi) is 2.92. The third-order valence-electron chi connectivity index (χ3n) is 3.90. The van der Waals surface area contributed by atoms with Crippen LogP contribution in [0.15, 0.2) is 35.7 Å². The predicted molar refractivity (Wildman–Crippen MR) is 78.7 cm³/mol. The van der Waals surface area contributed by atoms with Gasteiger partial charge in [0, 0.05) is 10.7 Å². The van der Waals surface area contributed by atoms with Crippen LogP contribution in [-0.2, 0) is 5.41 Å². The molecule has 2 heterocycles. The molecule has 0 fully saturated rings. The van der Waals surface area contributed by atoms with E-state index in [1.54, 1.807) is 12.1 Å². The van der Waals surface area contributed by atoms with Gasteiger partial charge in [-0.1, -0.05) is 23.7 Å². The lowest BCUT2D eigenvalue weighted by Gasteiger charge is -2.34. The monoisotopic (exact) mass is 300 g/mol. The largest absolute Gasteiger partial charge is 0.420 e. The molecule has 5 nitrogen and oxygen atoms in total. The molecule has 1 aromatic carbocycles. The smallest absolute Gasteiger partial charge is 0.244 e. The van der Waals surface area contributed by atoms with E-state index in [-0.39, 0.29) is 5.88 Å². The maximum Gasteiger partial charge on any atom is 0.244 e. The van der Waals surface area contributed by atoms with Crippen molar-refractivity contribution in [1.82, 2.24) is 10.2 Å². The van der Waals surface area contributed by atoms with E-state index in [9.17, 15) is 5.26 Å². The predicted octanol–water partition coefficient (Wildman–Crippen LogP) is 2.76. The Morgan fingerprint density at radius 3 is 2.67 bits per heavy atom. The van der Waals surface area contributed by atoms with Crippen LogP contribution in [0.4, 0.5) is 0 Å². The summed E-state index contributed by atoms with van der Waals surface area (Å²) in [5, 5.41) is 17.2. The molecule has 2 aromatic rings. The lowest BCUT2D eigenvalue weighted by atomic mass is 9.70. The van der Waals surface area contributed by atoms with Crippen molar-refractivity contribution in [3.05, 3.63) is 57.6 Å². The molecule has 6 heteroatoms. The number of benzene rings is 1. The van der Waals surface area contributed by atoms with E-state index in [0.29, 0.717) is 16.5 Å². The SMILES string of the molecule is Cc1[nH]nc2c1C(C)(c1ccc(Cl)cc1)C(C#N)=C(N)O2. The summed E-state index contributed by atoms with van der Waals surface area (Å²) in [6.45, 7) is 3.82. The highest BCUT2D eigenvalue weighted by Crippen LogP contribution is 2.47. The number of hydrogen-bond acceptors (Lipinski definition) is 4. The summed E-state index contributed by atoms with van der Waals surface area (Å²) in [6.07, 6.45) is 0. The van der Waals surface area contributed by atoms with E-state index >= 15 is 0 Å². The van der Waals surface area contributed by atoms with Gasteiger partial charge in [0.15, 0.2) is 0 Å². The minimum atomic E-state index is -0.728. The standard InChI is InChI=1S/C15H13ClN4O/c1-8-12-14(20-19-8)21-13(18)11(7-17)15(12,2)9-3-5-10(16)6-4-9/h3-6H,18H2,1-2H3,(H,19,20). The molecule has 1 unspecified atom stereocenters. The van der Waals surface area contributed by atoms with Crippen molar-refractivity contribution < 1.29 is 4.74 Å². The summed E-state index contributed by atoms with van der Waals surface area (Å²) in [6, 6.07) is 9.52. The molecular formula is C15H13ClN4O. The number of nitrogens with two attached hydrogens (primary N) is 1. The number of aromatic amines is 1. The quantitative estimate of drug-likeness (QED) is 0.847. The van der Waals surface area contributed by atoms with E-state index < -0.39 is 5.41 Å². The molecule has 0 saturated heterocycles. The van der Waals surface area contributed by atoms with Gasteiger partial charge < -0.3 is 10.5 Å². The fraction of sp³-hybridized carbons (Fsp3) is 0.200. The zero-order chi connectivity index (χ0) is 15.2. The van der Waals surface area contributed by atoms with E-state index in [4.69, 9.17) is 22.1 Å². The molecule has 1 atom stereocenters. The number of halogens is 1. The average molecular weight is 301 g/mol. The average Bonchev–Trinajstić information content (AvgIpc) is 2.81. The van der Waals surface area contributed by atoms with Gasteiger partial charge in [0.05, 0.1) is 11.0 Å². The number of ether oxygens (including phenoxy) is 1. The van der Waals surface area contributed by atoms with Crippen LogP contribution in [0.2, 0.25) is 5.02 Å². The third kappa shape index (κ3) is 1.80. The molecule has 21 heavy (non-hydrogen) atoms. The Hall–Kier alpha value is -2.45. The maximum absolute atomic E-state index is 9.54. The summed E-state index contributed by atoms with van der Waals surface area (Å²) < 4.78 is 5.46. The number of H-pyrrole nitrogens is 1. The number of rotatable bonds is 1. The van der Waals surface area contributed by atoms with Gasteiger partial charge in [0.25, 0.3) is 0 Å². The van der Waals surface area contributed by atoms with Gasteiger partial charge in [-0.15, -0.1) is 5.10 Å². The maximum atomic E-state index is 9.54. The summed E-state index contributed by atoms with van der Waals surface area (Å²) in [4.78, 5) is 0. The second-order valence-corrected chi connectivity index (χ2v) is 5.55. The second-order valence-electron chi connectivity index (χ2n) is 5.11. The fourth-order valence-corrected chi connectivity index (χ4v) is 2.96. The number of nitrogens with one attached hydrogen (secondary N) is 1. The highest BCUT2D eigenvalue weighted by Gasteiger charge is 2.44. The highest BCUT2D eigenvalue weighted by atomic mass is 35.5. The van der Waals surface area contributed by atoms with Gasteiger partial charge in [-0.2, -0.15) is 5.26 Å². The number of hydrogen-bond donors (Lipinski definition) is 2. The Morgan fingerprint density at radius 1 is 1.38 bits per heavy atom. The fourth-order valence-electron chi connectivity index (χ4n) is 2.83. The molecule has 1 aliphatic rings. The number of allylic oxidation sites excluding steroid dienone is 1. The molecule has 0 radical (unpaired) electrons. The van der Waals surface area contributed by atoms with Gasteiger partial charge in [-0.25, -0.2) is 0 Å². The molecule has 3 N–H and O–H groups in total. The van der Waals surface area contributed by atoms with Crippen LogP contribution in [0.3, 0.4) is 0 Å². The van der Waals surface area contributed by atoms with Crippen molar-refractivity contribution in [2.75, 3.05) is 0 Å². The first-order valence-electron chi connectivity index (χ1n) is 6.38. The zero-order valence-corrected chi connectivity index (χ0v) is 12.3. The van der Waals surface area contributed by atoms with Gasteiger partial charge in [0.2, 0.25) is 11.8 Å². The van der Waals surface area contributed by atoms with Crippen molar-refractivity contribution >= 4 is 11.6 Å². The van der Waals surface area contributed by atoms with Gasteiger partial charge in [0.1, 0.15) is 11.6 Å². The molecule has 0 spiro atoms. The molecule has 106 valence electrons. The first-order valence-corrected chi connectivity index (χ1v) is 6.76. The second kappa shape index (κ2) is 4.54. The molecule has 0 saturated carbocycles. The van der Waals surface area contributed by atoms with Crippen LogP contribution < -0.4 is 10.5 Å². The first-order chi connectivity index (χ1) is 9.98. The van der Waals surface area contributed by atoms with Crippen LogP contribution in [0, 0.1) is 18.3 Å². The van der Waals surface area contributed by atoms with Crippen LogP contribution in [0.1, 0.15) is 23.7 Å². The molecule has 0 bridgehead atoms. The van der Waals surface area contributed by atoms with Gasteiger partial charge in [-0.05, 0) is 31.5 Å². The minimum Gasteiger partial charge on any atom is -0.420 e. The van der Waals surface area contributed by atoms with Crippen LogP contribution in [0.25, 0.3) is 0 Å². The third-order valence-corrected chi connectivity index (χ3v) is 4.15. The van der Waals surface area contributed by atoms with E-state index in [1.807, 2.05) is 26.0 Å². The molecule has 1 aliphatic heterocycles. The molecule has 0 aliphatic carbocycles.